The van der Waals surface area contributed by atoms with E-state index in [1.54, 1.807) is 30.6 Å². The van der Waals surface area contributed by atoms with Gasteiger partial charge in [-0.2, -0.15) is 0 Å². The zero-order chi connectivity index (χ0) is 15.2. The summed E-state index contributed by atoms with van der Waals surface area (Å²) in [6.07, 6.45) is 1.05. The number of benzene rings is 1. The lowest BCUT2D eigenvalue weighted by Gasteiger charge is -2.08. The number of nitrogens with one attached hydrogen (secondary N) is 1. The van der Waals surface area contributed by atoms with Gasteiger partial charge >= 0.3 is 0 Å². The van der Waals surface area contributed by atoms with E-state index in [0.29, 0.717) is 23.3 Å². The fraction of sp³-hybridized carbons (Fsp3) is 0.267. The Morgan fingerprint density at radius 3 is 2.71 bits per heavy atom. The molecule has 2 rings (SSSR count). The molecular weight excluding hydrogens is 306 g/mol. The number of rotatable bonds is 5. The monoisotopic (exact) mass is 323 g/mol. The number of methoxy groups -OCH3 is 1. The van der Waals surface area contributed by atoms with E-state index >= 15 is 0 Å². The van der Waals surface area contributed by atoms with Gasteiger partial charge in [-0.25, -0.2) is 4.99 Å². The maximum absolute atomic E-state index is 6.06. The van der Waals surface area contributed by atoms with Crippen molar-refractivity contribution < 1.29 is 4.74 Å². The van der Waals surface area contributed by atoms with Gasteiger partial charge < -0.3 is 15.8 Å². The smallest absolute Gasteiger partial charge is 0.193 e. The molecule has 1 heterocycles. The third-order valence-electron chi connectivity index (χ3n) is 2.90. The van der Waals surface area contributed by atoms with Crippen LogP contribution < -0.4 is 15.8 Å². The second-order valence-electron chi connectivity index (χ2n) is 4.40. The maximum Gasteiger partial charge on any atom is 0.193 e. The van der Waals surface area contributed by atoms with Crippen LogP contribution in [0.2, 0.25) is 5.02 Å². The molecule has 0 fully saturated rings. The number of aryl methyl sites for hydroxylation is 1. The number of guanidine groups is 1. The molecule has 6 heteroatoms. The number of hydrogen-bond donors (Lipinski definition) is 2. The van der Waals surface area contributed by atoms with Crippen molar-refractivity contribution in [3.63, 3.8) is 0 Å². The molecule has 1 aromatic heterocycles. The molecule has 0 saturated carbocycles. The molecule has 0 radical (unpaired) electrons. The molecule has 0 unspecified atom stereocenters. The summed E-state index contributed by atoms with van der Waals surface area (Å²) in [7, 11) is 1.58. The molecule has 0 aliphatic heterocycles. The van der Waals surface area contributed by atoms with Crippen molar-refractivity contribution in [2.45, 2.75) is 19.9 Å². The van der Waals surface area contributed by atoms with Crippen LogP contribution in [0.5, 0.6) is 5.75 Å². The lowest BCUT2D eigenvalue weighted by Crippen LogP contribution is -2.22. The minimum Gasteiger partial charge on any atom is -0.495 e. The standard InChI is InChI=1S/C15H18ClN3OS/c1-3-11-5-6-12(21-11)9-18-15(17)19-10-4-7-14(20-2)13(16)8-10/h4-8H,3,9H2,1-2H3,(H3,17,18,19). The van der Waals surface area contributed by atoms with Crippen LogP contribution in [0.4, 0.5) is 5.69 Å². The zero-order valence-electron chi connectivity index (χ0n) is 12.0. The van der Waals surface area contributed by atoms with Gasteiger partial charge in [-0.15, -0.1) is 11.3 Å². The average molecular weight is 324 g/mol. The summed E-state index contributed by atoms with van der Waals surface area (Å²) in [5.74, 6) is 0.992. The number of anilines is 1. The van der Waals surface area contributed by atoms with Crippen molar-refractivity contribution >= 4 is 34.6 Å². The van der Waals surface area contributed by atoms with Gasteiger partial charge in [-0.05, 0) is 36.8 Å². The van der Waals surface area contributed by atoms with Crippen molar-refractivity contribution in [3.8, 4) is 5.75 Å². The SMILES string of the molecule is CCc1ccc(CN=C(N)Nc2ccc(OC)c(Cl)c2)s1. The van der Waals surface area contributed by atoms with Crippen LogP contribution in [0.3, 0.4) is 0 Å². The summed E-state index contributed by atoms with van der Waals surface area (Å²) in [6, 6.07) is 9.59. The third-order valence-corrected chi connectivity index (χ3v) is 4.40. The van der Waals surface area contributed by atoms with Gasteiger partial charge in [0.1, 0.15) is 5.75 Å². The zero-order valence-corrected chi connectivity index (χ0v) is 13.6. The summed E-state index contributed by atoms with van der Waals surface area (Å²) in [5.41, 5.74) is 6.66. The number of thiophene rings is 1. The topological polar surface area (TPSA) is 59.6 Å². The second kappa shape index (κ2) is 7.33. The molecule has 0 saturated heterocycles. The Kier molecular flexibility index (Phi) is 5.47. The predicted molar refractivity (Wildman–Crippen MR) is 90.7 cm³/mol. The first kappa shape index (κ1) is 15.7. The van der Waals surface area contributed by atoms with E-state index in [4.69, 9.17) is 22.1 Å². The van der Waals surface area contributed by atoms with E-state index < -0.39 is 0 Å². The van der Waals surface area contributed by atoms with E-state index in [9.17, 15) is 0 Å². The average Bonchev–Trinajstić information content (AvgIpc) is 2.93. The van der Waals surface area contributed by atoms with Crippen LogP contribution in [0.15, 0.2) is 35.3 Å². The summed E-state index contributed by atoms with van der Waals surface area (Å²) in [5, 5.41) is 3.55. The Balaban J connectivity index is 1.98. The summed E-state index contributed by atoms with van der Waals surface area (Å²) < 4.78 is 5.10. The van der Waals surface area contributed by atoms with E-state index in [1.165, 1.54) is 9.75 Å². The minimum atomic E-state index is 0.364. The van der Waals surface area contributed by atoms with Gasteiger partial charge in [0, 0.05) is 15.4 Å². The Morgan fingerprint density at radius 1 is 1.33 bits per heavy atom. The van der Waals surface area contributed by atoms with Crippen molar-refractivity contribution in [2.75, 3.05) is 12.4 Å². The van der Waals surface area contributed by atoms with Crippen molar-refractivity contribution in [3.05, 3.63) is 45.1 Å². The Morgan fingerprint density at radius 2 is 2.10 bits per heavy atom. The van der Waals surface area contributed by atoms with Gasteiger partial charge in [0.15, 0.2) is 5.96 Å². The highest BCUT2D eigenvalue weighted by Crippen LogP contribution is 2.27. The van der Waals surface area contributed by atoms with Crippen LogP contribution in [0.1, 0.15) is 16.7 Å². The molecular formula is C15H18ClN3OS. The molecule has 21 heavy (non-hydrogen) atoms. The number of hydrogen-bond acceptors (Lipinski definition) is 3. The highest BCUT2D eigenvalue weighted by molar-refractivity contribution is 7.11. The molecule has 0 aliphatic carbocycles. The molecule has 2 aromatic rings. The van der Waals surface area contributed by atoms with Crippen LogP contribution in [-0.2, 0) is 13.0 Å². The molecule has 1 aromatic carbocycles. The third kappa shape index (κ3) is 4.37. The highest BCUT2D eigenvalue weighted by atomic mass is 35.5. The molecule has 4 nitrogen and oxygen atoms in total. The van der Waals surface area contributed by atoms with Gasteiger partial charge in [-0.1, -0.05) is 18.5 Å². The lowest BCUT2D eigenvalue weighted by atomic mass is 10.3. The molecule has 3 N–H and O–H groups in total. The highest BCUT2D eigenvalue weighted by Gasteiger charge is 2.03. The van der Waals surface area contributed by atoms with E-state index in [0.717, 1.165) is 12.1 Å². The first-order chi connectivity index (χ1) is 10.1. The number of ether oxygens (including phenoxy) is 1. The minimum absolute atomic E-state index is 0.364. The maximum atomic E-state index is 6.06. The number of aliphatic imine (C=N–C) groups is 1. The van der Waals surface area contributed by atoms with Gasteiger partial charge in [0.25, 0.3) is 0 Å². The van der Waals surface area contributed by atoms with E-state index in [2.05, 4.69) is 29.4 Å². The Bertz CT molecular complexity index is 640. The predicted octanol–water partition coefficient (Wildman–Crippen LogP) is 3.90. The quantitative estimate of drug-likeness (QED) is 0.648. The molecule has 112 valence electrons. The van der Waals surface area contributed by atoms with Gasteiger partial charge in [0.05, 0.1) is 18.7 Å². The first-order valence-electron chi connectivity index (χ1n) is 6.60. The van der Waals surface area contributed by atoms with Crippen molar-refractivity contribution in [1.29, 1.82) is 0 Å². The molecule has 0 aliphatic rings. The Labute approximate surface area is 133 Å². The molecule has 0 bridgehead atoms. The number of halogens is 1. The first-order valence-corrected chi connectivity index (χ1v) is 7.80. The van der Waals surface area contributed by atoms with Crippen molar-refractivity contribution in [1.82, 2.24) is 0 Å². The van der Waals surface area contributed by atoms with Crippen LogP contribution in [-0.4, -0.2) is 13.1 Å². The van der Waals surface area contributed by atoms with E-state index in [-0.39, 0.29) is 0 Å². The number of nitrogens with zero attached hydrogens (tertiary/aromatic N) is 1. The largest absolute Gasteiger partial charge is 0.495 e. The summed E-state index contributed by atoms with van der Waals surface area (Å²) in [6.45, 7) is 2.72. The van der Waals surface area contributed by atoms with Crippen LogP contribution in [0.25, 0.3) is 0 Å². The second-order valence-corrected chi connectivity index (χ2v) is 6.06. The molecule has 0 atom stereocenters. The fourth-order valence-corrected chi connectivity index (χ4v) is 2.93. The summed E-state index contributed by atoms with van der Waals surface area (Å²) >= 11 is 7.82. The lowest BCUT2D eigenvalue weighted by molar-refractivity contribution is 0.415. The fourth-order valence-electron chi connectivity index (χ4n) is 1.79. The van der Waals surface area contributed by atoms with E-state index in [1.807, 2.05) is 6.07 Å². The number of nitrogens with two attached hydrogens (primary N) is 1. The normalized spacial score (nSPS) is 11.5. The van der Waals surface area contributed by atoms with Crippen LogP contribution >= 0.6 is 22.9 Å². The molecule has 0 amide bonds. The Hall–Kier alpha value is -1.72. The molecule has 0 spiro atoms. The summed E-state index contributed by atoms with van der Waals surface area (Å²) in [4.78, 5) is 6.88. The van der Waals surface area contributed by atoms with Crippen LogP contribution in [0, 0.1) is 0 Å². The van der Waals surface area contributed by atoms with Gasteiger partial charge in [-0.3, -0.25) is 0 Å². The van der Waals surface area contributed by atoms with Crippen molar-refractivity contribution in [2.24, 2.45) is 10.7 Å². The van der Waals surface area contributed by atoms with Gasteiger partial charge in [0.2, 0.25) is 0 Å².